The normalized spacial score (nSPS) is 15.1. The van der Waals surface area contributed by atoms with Crippen LogP contribution in [0.25, 0.3) is 0 Å². The number of aliphatic carboxylic acids is 1. The quantitative estimate of drug-likeness (QED) is 0.135. The number of amides is 3. The summed E-state index contributed by atoms with van der Waals surface area (Å²) in [6.45, 7) is 5.55. The lowest BCUT2D eigenvalue weighted by molar-refractivity contribution is -0.141. The number of carbonyl (C=O) groups is 4. The van der Waals surface area contributed by atoms with Gasteiger partial charge in [-0.05, 0) is 45.1 Å². The van der Waals surface area contributed by atoms with E-state index in [2.05, 4.69) is 28.6 Å². The van der Waals surface area contributed by atoms with Gasteiger partial charge in [-0.25, -0.2) is 0 Å². The summed E-state index contributed by atoms with van der Waals surface area (Å²) in [5, 5.41) is 16.6. The molecule has 0 bridgehead atoms. The molecular formula is C18H35N5O5S. The van der Waals surface area contributed by atoms with Crippen molar-refractivity contribution in [3.8, 4) is 0 Å². The Morgan fingerprint density at radius 2 is 1.48 bits per heavy atom. The second-order valence-electron chi connectivity index (χ2n) is 7.39. The minimum Gasteiger partial charge on any atom is -0.480 e. The second kappa shape index (κ2) is 14.2. The topological polar surface area (TPSA) is 177 Å². The van der Waals surface area contributed by atoms with Gasteiger partial charge in [-0.2, -0.15) is 12.6 Å². The molecule has 0 aromatic carbocycles. The molecular weight excluding hydrogens is 398 g/mol. The van der Waals surface area contributed by atoms with Crippen LogP contribution >= 0.6 is 12.6 Å². The van der Waals surface area contributed by atoms with E-state index in [0.29, 0.717) is 32.2 Å². The number of rotatable bonds is 14. The molecule has 168 valence electrons. The van der Waals surface area contributed by atoms with Gasteiger partial charge in [0, 0.05) is 5.75 Å². The van der Waals surface area contributed by atoms with Gasteiger partial charge in [0.2, 0.25) is 17.7 Å². The number of carbonyl (C=O) groups excluding carboxylic acids is 3. The van der Waals surface area contributed by atoms with Gasteiger partial charge < -0.3 is 32.5 Å². The minimum atomic E-state index is -1.18. The highest BCUT2D eigenvalue weighted by Gasteiger charge is 2.29. The fraction of sp³-hybridized carbons (Fsp3) is 0.778. The number of nitrogens with two attached hydrogens (primary N) is 2. The molecule has 10 nitrogen and oxygen atoms in total. The third-order valence-electron chi connectivity index (χ3n) is 4.18. The van der Waals surface area contributed by atoms with Gasteiger partial charge in [-0.15, -0.1) is 0 Å². The zero-order chi connectivity index (χ0) is 22.6. The average Bonchev–Trinajstić information content (AvgIpc) is 2.65. The summed E-state index contributed by atoms with van der Waals surface area (Å²) >= 11 is 3.98. The monoisotopic (exact) mass is 433 g/mol. The van der Waals surface area contributed by atoms with Gasteiger partial charge in [0.05, 0.1) is 6.04 Å². The molecule has 0 aliphatic heterocycles. The molecule has 4 unspecified atom stereocenters. The number of unbranched alkanes of at least 4 members (excludes halogenated alkanes) is 1. The van der Waals surface area contributed by atoms with Crippen LogP contribution in [0, 0.1) is 5.92 Å². The molecule has 0 spiro atoms. The first kappa shape index (κ1) is 27.1. The van der Waals surface area contributed by atoms with E-state index in [0.717, 1.165) is 0 Å². The molecule has 0 fully saturated rings. The first-order valence-corrected chi connectivity index (χ1v) is 10.4. The fourth-order valence-electron chi connectivity index (χ4n) is 2.47. The van der Waals surface area contributed by atoms with E-state index in [4.69, 9.17) is 16.6 Å². The van der Waals surface area contributed by atoms with E-state index in [9.17, 15) is 19.2 Å². The largest absolute Gasteiger partial charge is 0.480 e. The molecule has 0 radical (unpaired) electrons. The van der Waals surface area contributed by atoms with Crippen LogP contribution in [0.5, 0.6) is 0 Å². The first-order valence-electron chi connectivity index (χ1n) is 9.73. The van der Waals surface area contributed by atoms with Crippen LogP contribution in [0.1, 0.15) is 46.5 Å². The van der Waals surface area contributed by atoms with Crippen molar-refractivity contribution in [2.45, 2.75) is 70.6 Å². The van der Waals surface area contributed by atoms with Crippen molar-refractivity contribution in [1.29, 1.82) is 0 Å². The Bertz CT molecular complexity index is 561. The predicted molar refractivity (Wildman–Crippen MR) is 113 cm³/mol. The Morgan fingerprint density at radius 3 is 1.97 bits per heavy atom. The Hall–Kier alpha value is -1.85. The van der Waals surface area contributed by atoms with Crippen molar-refractivity contribution >= 4 is 36.3 Å². The Kier molecular flexibility index (Phi) is 13.3. The Labute approximate surface area is 177 Å². The Morgan fingerprint density at radius 1 is 0.931 bits per heavy atom. The van der Waals surface area contributed by atoms with E-state index < -0.39 is 47.9 Å². The van der Waals surface area contributed by atoms with E-state index in [1.807, 2.05) is 13.8 Å². The van der Waals surface area contributed by atoms with Crippen molar-refractivity contribution in [1.82, 2.24) is 16.0 Å². The zero-order valence-corrected chi connectivity index (χ0v) is 18.2. The number of hydrogen-bond acceptors (Lipinski definition) is 7. The molecule has 0 aromatic rings. The lowest BCUT2D eigenvalue weighted by atomic mass is 10.0. The lowest BCUT2D eigenvalue weighted by Crippen LogP contribution is -2.57. The SMILES string of the molecule is CC(C)CC(NC(=O)C(N)CS)C(=O)NC(CCCCN)C(=O)NC(C)C(=O)O. The van der Waals surface area contributed by atoms with E-state index in [1.165, 1.54) is 6.92 Å². The summed E-state index contributed by atoms with van der Waals surface area (Å²) in [4.78, 5) is 48.4. The maximum atomic E-state index is 12.8. The molecule has 11 heteroatoms. The fourth-order valence-corrected chi connectivity index (χ4v) is 2.64. The van der Waals surface area contributed by atoms with Crippen LogP contribution < -0.4 is 27.4 Å². The molecule has 0 aliphatic carbocycles. The third kappa shape index (κ3) is 11.1. The number of hydrogen-bond donors (Lipinski definition) is 7. The summed E-state index contributed by atoms with van der Waals surface area (Å²) in [6.07, 6.45) is 1.86. The van der Waals surface area contributed by atoms with E-state index in [-0.39, 0.29) is 11.7 Å². The molecule has 3 amide bonds. The van der Waals surface area contributed by atoms with Crippen LogP contribution in [-0.4, -0.2) is 65.3 Å². The van der Waals surface area contributed by atoms with Gasteiger partial charge in [-0.1, -0.05) is 13.8 Å². The van der Waals surface area contributed by atoms with Crippen molar-refractivity contribution in [3.05, 3.63) is 0 Å². The van der Waals surface area contributed by atoms with Crippen molar-refractivity contribution in [2.24, 2.45) is 17.4 Å². The van der Waals surface area contributed by atoms with Crippen molar-refractivity contribution in [2.75, 3.05) is 12.3 Å². The molecule has 0 saturated carbocycles. The Balaban J connectivity index is 5.28. The number of thiol groups is 1. The van der Waals surface area contributed by atoms with Crippen molar-refractivity contribution in [3.63, 3.8) is 0 Å². The average molecular weight is 434 g/mol. The van der Waals surface area contributed by atoms with Gasteiger partial charge in [-0.3, -0.25) is 19.2 Å². The van der Waals surface area contributed by atoms with E-state index in [1.54, 1.807) is 0 Å². The molecule has 8 N–H and O–H groups in total. The van der Waals surface area contributed by atoms with Gasteiger partial charge >= 0.3 is 5.97 Å². The predicted octanol–water partition coefficient (Wildman–Crippen LogP) is -1.02. The molecule has 0 aliphatic rings. The van der Waals surface area contributed by atoms with Crippen LogP contribution in [0.15, 0.2) is 0 Å². The van der Waals surface area contributed by atoms with E-state index >= 15 is 0 Å². The number of nitrogens with one attached hydrogen (secondary N) is 3. The number of carboxylic acids is 1. The van der Waals surface area contributed by atoms with Crippen LogP contribution in [0.2, 0.25) is 0 Å². The molecule has 0 saturated heterocycles. The molecule has 29 heavy (non-hydrogen) atoms. The highest BCUT2D eigenvalue weighted by Crippen LogP contribution is 2.08. The summed E-state index contributed by atoms with van der Waals surface area (Å²) in [6, 6.07) is -3.78. The molecule has 0 aromatic heterocycles. The van der Waals surface area contributed by atoms with Crippen LogP contribution in [0.3, 0.4) is 0 Å². The molecule has 0 heterocycles. The maximum absolute atomic E-state index is 12.8. The van der Waals surface area contributed by atoms with Gasteiger partial charge in [0.15, 0.2) is 0 Å². The lowest BCUT2D eigenvalue weighted by Gasteiger charge is -2.25. The molecule has 0 rings (SSSR count). The van der Waals surface area contributed by atoms with Gasteiger partial charge in [0.1, 0.15) is 18.1 Å². The number of carboxylic acid groups (broad SMARTS) is 1. The summed E-state index contributed by atoms with van der Waals surface area (Å²) in [5.74, 6) is -2.62. The molecule has 4 atom stereocenters. The van der Waals surface area contributed by atoms with Crippen molar-refractivity contribution < 1.29 is 24.3 Å². The van der Waals surface area contributed by atoms with Crippen LogP contribution in [-0.2, 0) is 19.2 Å². The summed E-state index contributed by atoms with van der Waals surface area (Å²) < 4.78 is 0. The van der Waals surface area contributed by atoms with Crippen LogP contribution in [0.4, 0.5) is 0 Å². The highest BCUT2D eigenvalue weighted by atomic mass is 32.1. The summed E-state index contributed by atoms with van der Waals surface area (Å²) in [5.41, 5.74) is 11.1. The summed E-state index contributed by atoms with van der Waals surface area (Å²) in [7, 11) is 0. The standard InChI is InChI=1S/C18H35N5O5S/c1-10(2)8-14(23-15(24)12(20)9-29)17(26)22-13(6-4-5-7-19)16(25)21-11(3)18(27)28/h10-14,29H,4-9,19-20H2,1-3H3,(H,21,25)(H,22,26)(H,23,24)(H,27,28). The maximum Gasteiger partial charge on any atom is 0.325 e. The third-order valence-corrected chi connectivity index (χ3v) is 4.58. The highest BCUT2D eigenvalue weighted by molar-refractivity contribution is 7.80. The first-order chi connectivity index (χ1) is 13.5. The smallest absolute Gasteiger partial charge is 0.325 e. The van der Waals surface area contributed by atoms with Gasteiger partial charge in [0.25, 0.3) is 0 Å². The zero-order valence-electron chi connectivity index (χ0n) is 17.3. The second-order valence-corrected chi connectivity index (χ2v) is 7.76. The minimum absolute atomic E-state index is 0.0924.